The summed E-state index contributed by atoms with van der Waals surface area (Å²) in [4.78, 5) is 30.5. The van der Waals surface area contributed by atoms with Crippen molar-refractivity contribution < 1.29 is 24.2 Å². The summed E-state index contributed by atoms with van der Waals surface area (Å²) in [5, 5.41) is 11.4. The SMILES string of the molecule is CCc1ccc(C2/C(=C(/O)c3ccc(OC(C)C)c(C)c3)C(=O)C(=O)N2CCCN2CCOCC2)cc1. The molecule has 2 aliphatic heterocycles. The molecule has 37 heavy (non-hydrogen) atoms. The summed E-state index contributed by atoms with van der Waals surface area (Å²) >= 11 is 0. The van der Waals surface area contributed by atoms with Crippen LogP contribution in [0.4, 0.5) is 0 Å². The van der Waals surface area contributed by atoms with Crippen LogP contribution in [0.5, 0.6) is 5.75 Å². The molecule has 198 valence electrons. The Hall–Kier alpha value is -3.16. The van der Waals surface area contributed by atoms with Gasteiger partial charge in [0.05, 0.1) is 30.9 Å². The zero-order valence-electron chi connectivity index (χ0n) is 22.3. The summed E-state index contributed by atoms with van der Waals surface area (Å²) in [7, 11) is 0. The van der Waals surface area contributed by atoms with Gasteiger partial charge < -0.3 is 19.5 Å². The van der Waals surface area contributed by atoms with E-state index in [1.807, 2.05) is 45.0 Å². The molecule has 2 aromatic rings. The Morgan fingerprint density at radius 2 is 1.78 bits per heavy atom. The van der Waals surface area contributed by atoms with Gasteiger partial charge in [-0.05, 0) is 68.5 Å². The van der Waals surface area contributed by atoms with E-state index in [1.54, 1.807) is 23.1 Å². The predicted molar refractivity (Wildman–Crippen MR) is 144 cm³/mol. The number of morpholine rings is 1. The number of aryl methyl sites for hydroxylation is 2. The number of aliphatic hydroxyl groups excluding tert-OH is 1. The second-order valence-corrected chi connectivity index (χ2v) is 10.0. The summed E-state index contributed by atoms with van der Waals surface area (Å²) in [5.41, 5.74) is 3.47. The molecule has 7 heteroatoms. The Bertz CT molecular complexity index is 1150. The lowest BCUT2D eigenvalue weighted by Crippen LogP contribution is -2.38. The highest BCUT2D eigenvalue weighted by Gasteiger charge is 2.45. The first kappa shape index (κ1) is 26.9. The molecule has 2 aliphatic rings. The predicted octanol–water partition coefficient (Wildman–Crippen LogP) is 4.49. The van der Waals surface area contributed by atoms with E-state index in [9.17, 15) is 14.7 Å². The first-order valence-corrected chi connectivity index (χ1v) is 13.2. The summed E-state index contributed by atoms with van der Waals surface area (Å²) in [5.74, 6) is -0.641. The molecule has 0 saturated carbocycles. The van der Waals surface area contributed by atoms with Gasteiger partial charge in [0.2, 0.25) is 0 Å². The van der Waals surface area contributed by atoms with E-state index in [2.05, 4.69) is 11.8 Å². The molecular weight excluding hydrogens is 468 g/mol. The summed E-state index contributed by atoms with van der Waals surface area (Å²) < 4.78 is 11.3. The van der Waals surface area contributed by atoms with E-state index in [-0.39, 0.29) is 17.4 Å². The molecule has 2 saturated heterocycles. The van der Waals surface area contributed by atoms with Gasteiger partial charge in [-0.1, -0.05) is 31.2 Å². The second kappa shape index (κ2) is 11.9. The number of ether oxygens (including phenoxy) is 2. The van der Waals surface area contributed by atoms with E-state index in [1.165, 1.54) is 5.56 Å². The summed E-state index contributed by atoms with van der Waals surface area (Å²) in [6.07, 6.45) is 1.65. The smallest absolute Gasteiger partial charge is 0.295 e. The Labute approximate surface area is 219 Å². The number of carbonyl (C=O) groups is 2. The number of amides is 1. The number of nitrogens with zero attached hydrogens (tertiary/aromatic N) is 2. The third-order valence-electron chi connectivity index (χ3n) is 7.03. The van der Waals surface area contributed by atoms with E-state index < -0.39 is 17.7 Å². The fourth-order valence-electron chi connectivity index (χ4n) is 5.02. The second-order valence-electron chi connectivity index (χ2n) is 10.0. The van der Waals surface area contributed by atoms with Gasteiger partial charge in [0.15, 0.2) is 0 Å². The van der Waals surface area contributed by atoms with Gasteiger partial charge >= 0.3 is 0 Å². The van der Waals surface area contributed by atoms with Crippen LogP contribution in [0.15, 0.2) is 48.0 Å². The fourth-order valence-corrected chi connectivity index (χ4v) is 5.02. The Morgan fingerprint density at radius 3 is 2.41 bits per heavy atom. The van der Waals surface area contributed by atoms with E-state index in [0.717, 1.165) is 49.4 Å². The van der Waals surface area contributed by atoms with Crippen molar-refractivity contribution in [3.8, 4) is 5.75 Å². The van der Waals surface area contributed by atoms with Crippen LogP contribution >= 0.6 is 0 Å². The lowest BCUT2D eigenvalue weighted by molar-refractivity contribution is -0.140. The van der Waals surface area contributed by atoms with Crippen molar-refractivity contribution in [3.63, 3.8) is 0 Å². The van der Waals surface area contributed by atoms with Crippen LogP contribution < -0.4 is 4.74 Å². The minimum Gasteiger partial charge on any atom is -0.507 e. The lowest BCUT2D eigenvalue weighted by atomic mass is 9.94. The van der Waals surface area contributed by atoms with Gasteiger partial charge in [-0.2, -0.15) is 0 Å². The number of rotatable bonds is 9. The van der Waals surface area contributed by atoms with Crippen LogP contribution in [-0.2, 0) is 20.7 Å². The Balaban J connectivity index is 1.68. The molecular formula is C30H38N2O5. The molecule has 4 rings (SSSR count). The molecule has 0 bridgehead atoms. The average molecular weight is 507 g/mol. The van der Waals surface area contributed by atoms with E-state index in [4.69, 9.17) is 9.47 Å². The van der Waals surface area contributed by atoms with Crippen LogP contribution in [0.25, 0.3) is 5.76 Å². The number of ketones is 1. The number of benzene rings is 2. The van der Waals surface area contributed by atoms with Crippen molar-refractivity contribution in [1.82, 2.24) is 9.80 Å². The monoisotopic (exact) mass is 506 g/mol. The molecule has 1 atom stereocenters. The third kappa shape index (κ3) is 6.05. The molecule has 1 amide bonds. The summed E-state index contributed by atoms with van der Waals surface area (Å²) in [6.45, 7) is 12.3. The van der Waals surface area contributed by atoms with Gasteiger partial charge in [-0.15, -0.1) is 0 Å². The highest BCUT2D eigenvalue weighted by Crippen LogP contribution is 2.40. The van der Waals surface area contributed by atoms with Crippen LogP contribution in [0.2, 0.25) is 0 Å². The lowest BCUT2D eigenvalue weighted by Gasteiger charge is -2.29. The normalized spacial score (nSPS) is 20.1. The molecule has 0 spiro atoms. The van der Waals surface area contributed by atoms with Gasteiger partial charge in [-0.25, -0.2) is 0 Å². The maximum Gasteiger partial charge on any atom is 0.295 e. The van der Waals surface area contributed by atoms with Gasteiger partial charge in [0.1, 0.15) is 11.5 Å². The molecule has 0 radical (unpaired) electrons. The number of aliphatic hydroxyl groups is 1. The van der Waals surface area contributed by atoms with Crippen molar-refractivity contribution in [2.24, 2.45) is 0 Å². The van der Waals surface area contributed by atoms with Crippen LogP contribution in [0.1, 0.15) is 55.5 Å². The maximum absolute atomic E-state index is 13.3. The number of Topliss-reactive ketones (excluding diaryl/α,β-unsaturated/α-hetero) is 1. The van der Waals surface area contributed by atoms with Crippen molar-refractivity contribution in [2.45, 2.75) is 52.7 Å². The summed E-state index contributed by atoms with van der Waals surface area (Å²) in [6, 6.07) is 12.7. The maximum atomic E-state index is 13.3. The van der Waals surface area contributed by atoms with Gasteiger partial charge in [0, 0.05) is 31.7 Å². The largest absolute Gasteiger partial charge is 0.507 e. The van der Waals surface area contributed by atoms with Crippen molar-refractivity contribution in [3.05, 3.63) is 70.3 Å². The molecule has 2 fully saturated rings. The standard InChI is InChI=1S/C30H38N2O5/c1-5-22-7-9-23(10-8-22)27-26(28(33)24-11-12-25(21(4)19-24)37-20(2)3)29(34)30(35)32(27)14-6-13-31-15-17-36-18-16-31/h7-12,19-20,27,33H,5-6,13-18H2,1-4H3/b28-26-. The van der Waals surface area contributed by atoms with E-state index in [0.29, 0.717) is 25.3 Å². The van der Waals surface area contributed by atoms with Crippen molar-refractivity contribution >= 4 is 17.4 Å². The molecule has 0 aromatic heterocycles. The Kier molecular flexibility index (Phi) is 8.67. The van der Waals surface area contributed by atoms with Gasteiger partial charge in [-0.3, -0.25) is 14.5 Å². The number of hydrogen-bond acceptors (Lipinski definition) is 6. The quantitative estimate of drug-likeness (QED) is 0.307. The zero-order valence-corrected chi connectivity index (χ0v) is 22.3. The zero-order chi connectivity index (χ0) is 26.5. The number of carbonyl (C=O) groups excluding carboxylic acids is 2. The topological polar surface area (TPSA) is 79.3 Å². The van der Waals surface area contributed by atoms with Crippen LogP contribution in [-0.4, -0.2) is 72.1 Å². The minimum absolute atomic E-state index is 0.0204. The number of hydrogen-bond donors (Lipinski definition) is 1. The minimum atomic E-state index is -0.645. The molecule has 7 nitrogen and oxygen atoms in total. The Morgan fingerprint density at radius 1 is 1.08 bits per heavy atom. The average Bonchev–Trinajstić information content (AvgIpc) is 3.15. The number of likely N-dealkylation sites (tertiary alicyclic amines) is 1. The highest BCUT2D eigenvalue weighted by molar-refractivity contribution is 6.46. The van der Waals surface area contributed by atoms with Crippen LogP contribution in [0, 0.1) is 6.92 Å². The van der Waals surface area contributed by atoms with Crippen molar-refractivity contribution in [2.75, 3.05) is 39.4 Å². The van der Waals surface area contributed by atoms with Crippen molar-refractivity contribution in [1.29, 1.82) is 0 Å². The molecule has 0 aliphatic carbocycles. The third-order valence-corrected chi connectivity index (χ3v) is 7.03. The molecule has 1 unspecified atom stereocenters. The molecule has 2 aromatic carbocycles. The van der Waals surface area contributed by atoms with Crippen LogP contribution in [0.3, 0.4) is 0 Å². The van der Waals surface area contributed by atoms with E-state index >= 15 is 0 Å². The fraction of sp³-hybridized carbons (Fsp3) is 0.467. The highest BCUT2D eigenvalue weighted by atomic mass is 16.5. The van der Waals surface area contributed by atoms with Gasteiger partial charge in [0.25, 0.3) is 11.7 Å². The molecule has 1 N–H and O–H groups in total. The first-order valence-electron chi connectivity index (χ1n) is 13.2. The first-order chi connectivity index (χ1) is 17.8. The molecule has 2 heterocycles.